The van der Waals surface area contributed by atoms with E-state index < -0.39 is 62.7 Å². The average molecular weight is 417 g/mol. The summed E-state index contributed by atoms with van der Waals surface area (Å²) >= 11 is 0. The van der Waals surface area contributed by atoms with Gasteiger partial charge >= 0.3 is 10.4 Å². The van der Waals surface area contributed by atoms with Crippen molar-refractivity contribution in [2.24, 2.45) is 0 Å². The molecule has 5 rings (SSSR count). The summed E-state index contributed by atoms with van der Waals surface area (Å²) in [6.45, 7) is 5.25. The van der Waals surface area contributed by atoms with E-state index in [1.165, 1.54) is 16.4 Å². The van der Waals surface area contributed by atoms with Crippen LogP contribution in [-0.4, -0.2) is 63.4 Å². The van der Waals surface area contributed by atoms with Crippen LogP contribution in [0.4, 0.5) is 0 Å². The van der Waals surface area contributed by atoms with Gasteiger partial charge in [-0.1, -0.05) is 17.7 Å². The summed E-state index contributed by atoms with van der Waals surface area (Å²) in [7, 11) is -8.06. The molecule has 0 aromatic heterocycles. The molecule has 0 N–H and O–H groups in total. The van der Waals surface area contributed by atoms with Gasteiger partial charge in [-0.05, 0) is 32.9 Å². The first kappa shape index (κ1) is 18.0. The van der Waals surface area contributed by atoms with E-state index in [2.05, 4.69) is 0 Å². The number of hydrogen-bond donors (Lipinski definition) is 0. The molecule has 1 aromatic carbocycles. The molecule has 3 aliphatic heterocycles. The standard InChI is InChI=1S/C16H19NO8S2/c1-8-4-6-9(7-5-8)26(18,19)17-10-11(17)13-15(25-27(20,21)24-13)14-12(10)22-16(2,3)23-14/h4-7,10-15H,1-3H3/t10-,11+,12+,13+,14+,15+,17?/m1/s1. The first-order valence-electron chi connectivity index (χ1n) is 8.58. The molecule has 3 heterocycles. The molecule has 148 valence electrons. The second kappa shape index (κ2) is 5.29. The predicted molar refractivity (Wildman–Crippen MR) is 90.3 cm³/mol. The van der Waals surface area contributed by atoms with Crippen LogP contribution in [0.1, 0.15) is 19.4 Å². The summed E-state index contributed by atoms with van der Waals surface area (Å²) in [5.74, 6) is -0.980. The van der Waals surface area contributed by atoms with Crippen molar-refractivity contribution in [1.29, 1.82) is 0 Å². The first-order valence-corrected chi connectivity index (χ1v) is 11.3. The third-order valence-electron chi connectivity index (χ3n) is 5.39. The highest BCUT2D eigenvalue weighted by atomic mass is 32.3. The van der Waals surface area contributed by atoms with E-state index in [1.54, 1.807) is 26.0 Å². The van der Waals surface area contributed by atoms with Gasteiger partial charge in [0.25, 0.3) is 0 Å². The zero-order chi connectivity index (χ0) is 19.4. The molecule has 9 nitrogen and oxygen atoms in total. The SMILES string of the molecule is Cc1ccc(S(=O)(=O)N2[C@@H]3[C@@H]4OS(=O)(=O)O[C@@H]4[C@H]4OC(C)(C)O[C@H]4[C@@H]32)cc1. The Labute approximate surface area is 157 Å². The van der Waals surface area contributed by atoms with Gasteiger partial charge in [-0.2, -0.15) is 12.7 Å². The Morgan fingerprint density at radius 2 is 1.48 bits per heavy atom. The minimum absolute atomic E-state index is 0.135. The van der Waals surface area contributed by atoms with Crippen molar-refractivity contribution in [1.82, 2.24) is 4.31 Å². The Balaban J connectivity index is 1.55. The van der Waals surface area contributed by atoms with Crippen LogP contribution in [0.5, 0.6) is 0 Å². The molecule has 27 heavy (non-hydrogen) atoms. The number of aryl methyl sites for hydroxylation is 1. The second-order valence-electron chi connectivity index (χ2n) is 7.72. The summed E-state index contributed by atoms with van der Waals surface area (Å²) < 4.78 is 73.2. The number of rotatable bonds is 2. The fourth-order valence-electron chi connectivity index (χ4n) is 4.31. The Morgan fingerprint density at radius 1 is 0.926 bits per heavy atom. The maximum Gasteiger partial charge on any atom is 0.400 e. The molecular weight excluding hydrogens is 398 g/mol. The fourth-order valence-corrected chi connectivity index (χ4v) is 7.14. The van der Waals surface area contributed by atoms with Gasteiger partial charge in [0.1, 0.15) is 24.4 Å². The molecule has 0 spiro atoms. The third kappa shape index (κ3) is 2.60. The number of nitrogens with zero attached hydrogens (tertiary/aromatic N) is 1. The molecule has 0 radical (unpaired) electrons. The Kier molecular flexibility index (Phi) is 3.52. The maximum atomic E-state index is 13.2. The van der Waals surface area contributed by atoms with E-state index in [-0.39, 0.29) is 4.90 Å². The molecule has 4 fully saturated rings. The molecule has 0 bridgehead atoms. The van der Waals surface area contributed by atoms with Crippen LogP contribution in [0.15, 0.2) is 29.2 Å². The van der Waals surface area contributed by atoms with Gasteiger partial charge in [0, 0.05) is 0 Å². The lowest BCUT2D eigenvalue weighted by atomic mass is 9.90. The van der Waals surface area contributed by atoms with Crippen molar-refractivity contribution in [3.63, 3.8) is 0 Å². The Morgan fingerprint density at radius 3 is 2.15 bits per heavy atom. The summed E-state index contributed by atoms with van der Waals surface area (Å²) in [5.41, 5.74) is 0.935. The van der Waals surface area contributed by atoms with E-state index >= 15 is 0 Å². The van der Waals surface area contributed by atoms with Crippen molar-refractivity contribution in [3.05, 3.63) is 29.8 Å². The first-order chi connectivity index (χ1) is 12.5. The number of ether oxygens (including phenoxy) is 2. The minimum atomic E-state index is -4.21. The molecule has 4 aliphatic rings. The lowest BCUT2D eigenvalue weighted by molar-refractivity contribution is -0.153. The molecule has 0 amide bonds. The highest BCUT2D eigenvalue weighted by Gasteiger charge is 2.76. The van der Waals surface area contributed by atoms with Crippen molar-refractivity contribution in [2.75, 3.05) is 0 Å². The normalized spacial score (nSPS) is 43.6. The fraction of sp³-hybridized carbons (Fsp3) is 0.625. The number of hydrogen-bond acceptors (Lipinski definition) is 8. The van der Waals surface area contributed by atoms with Crippen molar-refractivity contribution in [2.45, 2.75) is 68.0 Å². The van der Waals surface area contributed by atoms with Gasteiger partial charge in [-0.3, -0.25) is 0 Å². The van der Waals surface area contributed by atoms with E-state index in [1.807, 2.05) is 6.92 Å². The van der Waals surface area contributed by atoms with Crippen LogP contribution < -0.4 is 0 Å². The van der Waals surface area contributed by atoms with E-state index in [9.17, 15) is 16.8 Å². The predicted octanol–water partition coefficient (Wildman–Crippen LogP) is 0.299. The molecule has 11 heteroatoms. The zero-order valence-electron chi connectivity index (χ0n) is 14.8. The highest BCUT2D eigenvalue weighted by Crippen LogP contribution is 2.54. The van der Waals surface area contributed by atoms with Gasteiger partial charge in [0.05, 0.1) is 17.0 Å². The number of sulfonamides is 1. The second-order valence-corrected chi connectivity index (χ2v) is 10.8. The van der Waals surface area contributed by atoms with Crippen molar-refractivity contribution in [3.8, 4) is 0 Å². The third-order valence-corrected chi connectivity index (χ3v) is 8.21. The van der Waals surface area contributed by atoms with Crippen LogP contribution in [-0.2, 0) is 38.3 Å². The summed E-state index contributed by atoms with van der Waals surface area (Å²) in [6, 6.07) is 5.23. The van der Waals surface area contributed by atoms with Gasteiger partial charge in [-0.25, -0.2) is 16.8 Å². The topological polar surface area (TPSA) is 108 Å². The van der Waals surface area contributed by atoms with Gasteiger partial charge < -0.3 is 9.47 Å². The van der Waals surface area contributed by atoms with E-state index in [4.69, 9.17) is 17.8 Å². The van der Waals surface area contributed by atoms with Crippen LogP contribution >= 0.6 is 0 Å². The van der Waals surface area contributed by atoms with E-state index in [0.717, 1.165) is 5.56 Å². The zero-order valence-corrected chi connectivity index (χ0v) is 16.4. The smallest absolute Gasteiger partial charge is 0.343 e. The lowest BCUT2D eigenvalue weighted by Crippen LogP contribution is -2.51. The molecule has 1 aliphatic carbocycles. The van der Waals surface area contributed by atoms with Crippen LogP contribution in [0.3, 0.4) is 0 Å². The maximum absolute atomic E-state index is 13.2. The lowest BCUT2D eigenvalue weighted by Gasteiger charge is -2.27. The van der Waals surface area contributed by atoms with Crippen LogP contribution in [0.2, 0.25) is 0 Å². The average Bonchev–Trinajstić information content (AvgIpc) is 3.11. The molecule has 1 unspecified atom stereocenters. The molecule has 1 aromatic rings. The molecule has 1 saturated carbocycles. The van der Waals surface area contributed by atoms with Crippen molar-refractivity contribution < 1.29 is 34.7 Å². The van der Waals surface area contributed by atoms with Crippen LogP contribution in [0, 0.1) is 6.92 Å². The monoisotopic (exact) mass is 417 g/mol. The van der Waals surface area contributed by atoms with Gasteiger partial charge in [0.15, 0.2) is 5.79 Å². The minimum Gasteiger partial charge on any atom is -0.343 e. The molecule has 3 saturated heterocycles. The van der Waals surface area contributed by atoms with Crippen molar-refractivity contribution >= 4 is 20.4 Å². The van der Waals surface area contributed by atoms with Gasteiger partial charge in [-0.15, -0.1) is 0 Å². The highest BCUT2D eigenvalue weighted by molar-refractivity contribution is 7.89. The van der Waals surface area contributed by atoms with Gasteiger partial charge in [0.2, 0.25) is 10.0 Å². The summed E-state index contributed by atoms with van der Waals surface area (Å²) in [6.07, 6.45) is -3.27. The number of fused-ring (bicyclic) bond motifs is 6. The summed E-state index contributed by atoms with van der Waals surface area (Å²) in [5, 5.41) is 0. The Bertz CT molecular complexity index is 1000. The largest absolute Gasteiger partial charge is 0.400 e. The van der Waals surface area contributed by atoms with E-state index in [0.29, 0.717) is 0 Å². The quantitative estimate of drug-likeness (QED) is 0.632. The molecular formula is C16H19NO8S2. The molecule has 7 atom stereocenters. The number of benzene rings is 1. The Hall–Kier alpha value is -1.08. The van der Waals surface area contributed by atoms with Crippen LogP contribution in [0.25, 0.3) is 0 Å². The summed E-state index contributed by atoms with van der Waals surface area (Å²) in [4.78, 5) is 0.135.